The van der Waals surface area contributed by atoms with Crippen molar-refractivity contribution in [1.82, 2.24) is 9.78 Å². The number of benzene rings is 2. The molecular formula is C15H12N2O2. The van der Waals surface area contributed by atoms with E-state index in [9.17, 15) is 4.79 Å². The number of carbonyl (C=O) groups excluding carboxylic acids is 1. The highest BCUT2D eigenvalue weighted by atomic mass is 16.6. The van der Waals surface area contributed by atoms with Crippen molar-refractivity contribution in [2.24, 2.45) is 0 Å². The maximum absolute atomic E-state index is 11.8. The van der Waals surface area contributed by atoms with E-state index >= 15 is 0 Å². The summed E-state index contributed by atoms with van der Waals surface area (Å²) in [5, 5.41) is 6.06. The molecule has 0 aliphatic rings. The molecule has 0 saturated heterocycles. The third-order valence-electron chi connectivity index (χ3n) is 2.82. The minimum absolute atomic E-state index is 0.511. The van der Waals surface area contributed by atoms with E-state index in [2.05, 4.69) is 5.10 Å². The standard InChI is InChI=1S/C15H12N2O2/c1-11-9-16-17(10-11)15(18)19-14-7-6-12-4-2-3-5-13(12)8-14/h2-10H,1H3. The zero-order valence-corrected chi connectivity index (χ0v) is 10.4. The van der Waals surface area contributed by atoms with Crippen molar-refractivity contribution in [2.45, 2.75) is 6.92 Å². The minimum Gasteiger partial charge on any atom is -0.409 e. The Bertz CT molecular complexity index is 746. The van der Waals surface area contributed by atoms with E-state index in [0.29, 0.717) is 5.75 Å². The van der Waals surface area contributed by atoms with Crippen LogP contribution >= 0.6 is 0 Å². The van der Waals surface area contributed by atoms with Crippen LogP contribution in [0.2, 0.25) is 0 Å². The zero-order valence-electron chi connectivity index (χ0n) is 10.4. The fourth-order valence-electron chi connectivity index (χ4n) is 1.89. The molecular weight excluding hydrogens is 240 g/mol. The van der Waals surface area contributed by atoms with Gasteiger partial charge in [-0.05, 0) is 35.4 Å². The van der Waals surface area contributed by atoms with Crippen LogP contribution in [0.4, 0.5) is 4.79 Å². The molecule has 1 heterocycles. The van der Waals surface area contributed by atoms with E-state index in [4.69, 9.17) is 4.74 Å². The van der Waals surface area contributed by atoms with Crippen LogP contribution in [0, 0.1) is 6.92 Å². The minimum atomic E-state index is -0.511. The van der Waals surface area contributed by atoms with E-state index in [1.54, 1.807) is 18.5 Å². The highest BCUT2D eigenvalue weighted by Crippen LogP contribution is 2.20. The molecule has 1 aromatic heterocycles. The molecule has 0 radical (unpaired) electrons. The first-order valence-electron chi connectivity index (χ1n) is 5.95. The second-order valence-electron chi connectivity index (χ2n) is 4.34. The van der Waals surface area contributed by atoms with Crippen molar-refractivity contribution in [3.8, 4) is 5.75 Å². The SMILES string of the molecule is Cc1cnn(C(=O)Oc2ccc3ccccc3c2)c1. The summed E-state index contributed by atoms with van der Waals surface area (Å²) in [5.41, 5.74) is 0.912. The summed E-state index contributed by atoms with van der Waals surface area (Å²) in [7, 11) is 0. The van der Waals surface area contributed by atoms with Crippen molar-refractivity contribution in [2.75, 3.05) is 0 Å². The van der Waals surface area contributed by atoms with Gasteiger partial charge in [0.15, 0.2) is 0 Å². The first-order valence-corrected chi connectivity index (χ1v) is 5.95. The molecule has 0 N–H and O–H groups in total. The smallest absolute Gasteiger partial charge is 0.409 e. The molecule has 0 aliphatic carbocycles. The van der Waals surface area contributed by atoms with Crippen LogP contribution in [0.25, 0.3) is 10.8 Å². The average molecular weight is 252 g/mol. The number of fused-ring (bicyclic) bond motifs is 1. The van der Waals surface area contributed by atoms with Gasteiger partial charge in [0.2, 0.25) is 0 Å². The fourth-order valence-corrected chi connectivity index (χ4v) is 1.89. The Balaban J connectivity index is 1.87. The highest BCUT2D eigenvalue weighted by Gasteiger charge is 2.08. The fraction of sp³-hybridized carbons (Fsp3) is 0.0667. The Morgan fingerprint density at radius 2 is 1.95 bits per heavy atom. The Morgan fingerprint density at radius 3 is 2.68 bits per heavy atom. The summed E-state index contributed by atoms with van der Waals surface area (Å²) in [5.74, 6) is 0.511. The van der Waals surface area contributed by atoms with Gasteiger partial charge in [-0.15, -0.1) is 0 Å². The van der Waals surface area contributed by atoms with E-state index in [0.717, 1.165) is 16.3 Å². The molecule has 0 aliphatic heterocycles. The largest absolute Gasteiger partial charge is 0.440 e. The van der Waals surface area contributed by atoms with Crippen LogP contribution in [-0.4, -0.2) is 15.9 Å². The van der Waals surface area contributed by atoms with Crippen LogP contribution in [0.15, 0.2) is 54.9 Å². The first kappa shape index (κ1) is 11.5. The zero-order chi connectivity index (χ0) is 13.2. The highest BCUT2D eigenvalue weighted by molar-refractivity contribution is 5.84. The second-order valence-corrected chi connectivity index (χ2v) is 4.34. The van der Waals surface area contributed by atoms with Crippen LogP contribution in [-0.2, 0) is 0 Å². The number of nitrogens with zero attached hydrogens (tertiary/aromatic N) is 2. The van der Waals surface area contributed by atoms with Gasteiger partial charge in [0.1, 0.15) is 5.75 Å². The number of aromatic nitrogens is 2. The molecule has 4 nitrogen and oxygen atoms in total. The second kappa shape index (κ2) is 4.57. The first-order chi connectivity index (χ1) is 9.22. The third-order valence-corrected chi connectivity index (χ3v) is 2.82. The van der Waals surface area contributed by atoms with Crippen molar-refractivity contribution in [3.63, 3.8) is 0 Å². The van der Waals surface area contributed by atoms with Gasteiger partial charge in [-0.25, -0.2) is 4.79 Å². The lowest BCUT2D eigenvalue weighted by molar-refractivity contribution is 0.199. The molecule has 0 bridgehead atoms. The number of rotatable bonds is 1. The topological polar surface area (TPSA) is 44.1 Å². The van der Waals surface area contributed by atoms with Crippen molar-refractivity contribution in [1.29, 1.82) is 0 Å². The summed E-state index contributed by atoms with van der Waals surface area (Å²) >= 11 is 0. The Labute approximate surface area is 110 Å². The van der Waals surface area contributed by atoms with E-state index in [1.807, 2.05) is 43.3 Å². The van der Waals surface area contributed by atoms with Crippen LogP contribution in [0.5, 0.6) is 5.75 Å². The molecule has 2 aromatic carbocycles. The van der Waals surface area contributed by atoms with E-state index < -0.39 is 6.09 Å². The number of aryl methyl sites for hydroxylation is 1. The number of hydrogen-bond donors (Lipinski definition) is 0. The third kappa shape index (κ3) is 2.33. The molecule has 0 fully saturated rings. The van der Waals surface area contributed by atoms with Crippen LogP contribution in [0.1, 0.15) is 5.56 Å². The maximum Gasteiger partial charge on any atom is 0.440 e. The Hall–Kier alpha value is -2.62. The van der Waals surface area contributed by atoms with Crippen molar-refractivity contribution in [3.05, 3.63) is 60.4 Å². The van der Waals surface area contributed by atoms with Gasteiger partial charge in [0.05, 0.1) is 6.20 Å². The van der Waals surface area contributed by atoms with Gasteiger partial charge < -0.3 is 4.74 Å². The van der Waals surface area contributed by atoms with E-state index in [1.165, 1.54) is 4.68 Å². The van der Waals surface area contributed by atoms with Gasteiger partial charge in [0, 0.05) is 6.20 Å². The summed E-state index contributed by atoms with van der Waals surface area (Å²) < 4.78 is 6.47. The summed E-state index contributed by atoms with van der Waals surface area (Å²) in [6.45, 7) is 1.87. The summed E-state index contributed by atoms with van der Waals surface area (Å²) in [4.78, 5) is 11.8. The summed E-state index contributed by atoms with van der Waals surface area (Å²) in [6, 6.07) is 13.4. The van der Waals surface area contributed by atoms with Gasteiger partial charge in [-0.2, -0.15) is 9.78 Å². The van der Waals surface area contributed by atoms with E-state index in [-0.39, 0.29) is 0 Å². The lowest BCUT2D eigenvalue weighted by Gasteiger charge is -2.05. The number of carbonyl (C=O) groups is 1. The molecule has 0 atom stereocenters. The Kier molecular flexibility index (Phi) is 2.76. The molecule has 94 valence electrons. The number of ether oxygens (including phenoxy) is 1. The van der Waals surface area contributed by atoms with Crippen LogP contribution < -0.4 is 4.74 Å². The predicted octanol–water partition coefficient (Wildman–Crippen LogP) is 3.39. The molecule has 0 unspecified atom stereocenters. The van der Waals surface area contributed by atoms with Crippen molar-refractivity contribution >= 4 is 16.9 Å². The molecule has 3 aromatic rings. The molecule has 0 amide bonds. The molecule has 19 heavy (non-hydrogen) atoms. The maximum atomic E-state index is 11.8. The monoisotopic (exact) mass is 252 g/mol. The van der Waals surface area contributed by atoms with Gasteiger partial charge in [0.25, 0.3) is 0 Å². The molecule has 4 heteroatoms. The van der Waals surface area contributed by atoms with Gasteiger partial charge >= 0.3 is 6.09 Å². The van der Waals surface area contributed by atoms with Gasteiger partial charge in [-0.1, -0.05) is 30.3 Å². The molecule has 0 spiro atoms. The molecule has 0 saturated carbocycles. The Morgan fingerprint density at radius 1 is 1.16 bits per heavy atom. The normalized spacial score (nSPS) is 10.6. The average Bonchev–Trinajstić information content (AvgIpc) is 2.85. The summed E-state index contributed by atoms with van der Waals surface area (Å²) in [6.07, 6.45) is 2.73. The lowest BCUT2D eigenvalue weighted by atomic mass is 10.1. The van der Waals surface area contributed by atoms with Crippen molar-refractivity contribution < 1.29 is 9.53 Å². The lowest BCUT2D eigenvalue weighted by Crippen LogP contribution is -2.17. The molecule has 3 rings (SSSR count). The van der Waals surface area contributed by atoms with Gasteiger partial charge in [-0.3, -0.25) is 0 Å². The number of hydrogen-bond acceptors (Lipinski definition) is 3. The quantitative estimate of drug-likeness (QED) is 0.666. The van der Waals surface area contributed by atoms with Crippen LogP contribution in [0.3, 0.4) is 0 Å². The predicted molar refractivity (Wildman–Crippen MR) is 72.3 cm³/mol.